The molecule has 0 spiro atoms. The van der Waals surface area contributed by atoms with Crippen LogP contribution in [0.1, 0.15) is 10.4 Å². The summed E-state index contributed by atoms with van der Waals surface area (Å²) >= 11 is 6.08. The summed E-state index contributed by atoms with van der Waals surface area (Å²) in [6.07, 6.45) is 0. The molecule has 0 aliphatic carbocycles. The zero-order chi connectivity index (χ0) is 18.8. The van der Waals surface area contributed by atoms with Crippen molar-refractivity contribution in [1.82, 2.24) is 4.90 Å². The molecule has 0 unspecified atom stereocenters. The number of carbonyl (C=O) groups excluding carboxylic acids is 1. The van der Waals surface area contributed by atoms with Crippen LogP contribution < -0.4 is 19.1 Å². The molecular weight excluding hydrogens is 368 g/mol. The van der Waals surface area contributed by atoms with Crippen molar-refractivity contribution in [2.24, 2.45) is 0 Å². The second kappa shape index (κ2) is 7.56. The molecule has 7 heteroatoms. The van der Waals surface area contributed by atoms with Crippen molar-refractivity contribution in [3.05, 3.63) is 47.0 Å². The second-order valence-corrected chi connectivity index (χ2v) is 6.90. The van der Waals surface area contributed by atoms with Gasteiger partial charge in [0.05, 0.1) is 7.11 Å². The first-order valence-corrected chi connectivity index (χ1v) is 9.31. The number of benzene rings is 2. The molecule has 0 aromatic heterocycles. The van der Waals surface area contributed by atoms with Gasteiger partial charge in [0.25, 0.3) is 5.91 Å². The van der Waals surface area contributed by atoms with Crippen LogP contribution in [-0.4, -0.2) is 57.3 Å². The normalized spacial score (nSPS) is 16.2. The van der Waals surface area contributed by atoms with Gasteiger partial charge in [-0.25, -0.2) is 0 Å². The average Bonchev–Trinajstić information content (AvgIpc) is 2.72. The molecule has 1 amide bonds. The number of anilines is 1. The quantitative estimate of drug-likeness (QED) is 0.808. The van der Waals surface area contributed by atoms with E-state index >= 15 is 0 Å². The van der Waals surface area contributed by atoms with E-state index in [2.05, 4.69) is 4.90 Å². The van der Waals surface area contributed by atoms with E-state index in [1.54, 1.807) is 19.2 Å². The molecule has 0 radical (unpaired) electrons. The first-order chi connectivity index (χ1) is 13.2. The lowest BCUT2D eigenvalue weighted by molar-refractivity contribution is 0.0745. The lowest BCUT2D eigenvalue weighted by atomic mass is 10.1. The third-order valence-electron chi connectivity index (χ3n) is 4.82. The first kappa shape index (κ1) is 17.8. The molecule has 1 fully saturated rings. The van der Waals surface area contributed by atoms with Gasteiger partial charge in [0.2, 0.25) is 5.75 Å². The summed E-state index contributed by atoms with van der Waals surface area (Å²) in [6.45, 7) is 3.74. The van der Waals surface area contributed by atoms with E-state index in [1.165, 1.54) is 0 Å². The smallest absolute Gasteiger partial charge is 0.254 e. The first-order valence-electron chi connectivity index (χ1n) is 8.93. The summed E-state index contributed by atoms with van der Waals surface area (Å²) in [4.78, 5) is 17.1. The minimum Gasteiger partial charge on any atom is -0.493 e. The zero-order valence-electron chi connectivity index (χ0n) is 15.1. The summed E-state index contributed by atoms with van der Waals surface area (Å²) in [6, 6.07) is 11.2. The Bertz CT molecular complexity index is 833. The number of rotatable bonds is 3. The van der Waals surface area contributed by atoms with Gasteiger partial charge >= 0.3 is 0 Å². The molecule has 0 atom stereocenters. The van der Waals surface area contributed by atoms with Gasteiger partial charge in [-0.3, -0.25) is 4.79 Å². The fourth-order valence-electron chi connectivity index (χ4n) is 3.42. The summed E-state index contributed by atoms with van der Waals surface area (Å²) in [5.74, 6) is 1.61. The monoisotopic (exact) mass is 388 g/mol. The highest BCUT2D eigenvalue weighted by Crippen LogP contribution is 2.40. The van der Waals surface area contributed by atoms with Gasteiger partial charge in [-0.2, -0.15) is 0 Å². The van der Waals surface area contributed by atoms with Crippen LogP contribution in [0.5, 0.6) is 17.2 Å². The Morgan fingerprint density at radius 1 is 1.07 bits per heavy atom. The Kier molecular flexibility index (Phi) is 4.99. The van der Waals surface area contributed by atoms with Crippen molar-refractivity contribution in [2.45, 2.75) is 0 Å². The van der Waals surface area contributed by atoms with Crippen LogP contribution in [-0.2, 0) is 0 Å². The van der Waals surface area contributed by atoms with Crippen LogP contribution in [0, 0.1) is 0 Å². The number of fused-ring (bicyclic) bond motifs is 1. The Morgan fingerprint density at radius 3 is 2.59 bits per heavy atom. The minimum absolute atomic E-state index is 0.0315. The van der Waals surface area contributed by atoms with Crippen LogP contribution in [0.25, 0.3) is 0 Å². The number of piperazine rings is 1. The summed E-state index contributed by atoms with van der Waals surface area (Å²) in [7, 11) is 1.56. The molecule has 4 rings (SSSR count). The number of nitrogens with zero attached hydrogens (tertiary/aromatic N) is 2. The lowest BCUT2D eigenvalue weighted by Gasteiger charge is -2.36. The van der Waals surface area contributed by atoms with Crippen molar-refractivity contribution < 1.29 is 19.0 Å². The third-order valence-corrected chi connectivity index (χ3v) is 5.05. The molecule has 0 N–H and O–H groups in total. The van der Waals surface area contributed by atoms with Crippen LogP contribution in [0.4, 0.5) is 5.69 Å². The predicted molar refractivity (Wildman–Crippen MR) is 104 cm³/mol. The number of carbonyl (C=O) groups is 1. The Morgan fingerprint density at radius 2 is 1.85 bits per heavy atom. The number of halogens is 1. The van der Waals surface area contributed by atoms with Crippen LogP contribution in [0.15, 0.2) is 36.4 Å². The Labute approximate surface area is 163 Å². The number of ether oxygens (including phenoxy) is 3. The van der Waals surface area contributed by atoms with Crippen molar-refractivity contribution in [3.8, 4) is 17.2 Å². The molecule has 2 aromatic carbocycles. The fraction of sp³-hybridized carbons (Fsp3) is 0.350. The maximum atomic E-state index is 13.0. The van der Waals surface area contributed by atoms with E-state index in [-0.39, 0.29) is 5.91 Å². The van der Waals surface area contributed by atoms with E-state index in [0.717, 1.165) is 23.8 Å². The number of hydrogen-bond acceptors (Lipinski definition) is 5. The van der Waals surface area contributed by atoms with Gasteiger partial charge in [-0.1, -0.05) is 17.7 Å². The molecule has 0 saturated carbocycles. The second-order valence-electron chi connectivity index (χ2n) is 6.46. The lowest BCUT2D eigenvalue weighted by Crippen LogP contribution is -2.48. The predicted octanol–water partition coefficient (Wildman–Crippen LogP) is 3.08. The number of hydrogen-bond donors (Lipinski definition) is 0. The minimum atomic E-state index is -0.0315. The zero-order valence-corrected chi connectivity index (χ0v) is 15.9. The highest BCUT2D eigenvalue weighted by molar-refractivity contribution is 6.30. The van der Waals surface area contributed by atoms with Gasteiger partial charge in [0.1, 0.15) is 13.2 Å². The van der Waals surface area contributed by atoms with Gasteiger partial charge < -0.3 is 24.0 Å². The van der Waals surface area contributed by atoms with Gasteiger partial charge in [-0.05, 0) is 30.3 Å². The largest absolute Gasteiger partial charge is 0.493 e. The summed E-state index contributed by atoms with van der Waals surface area (Å²) in [5, 5.41) is 0.717. The standard InChI is InChI=1S/C20H21ClN2O4/c1-25-17-11-14(12-18-19(17)27-10-9-26-18)20(24)23-7-5-22(6-8-23)16-4-2-3-15(21)13-16/h2-4,11-13H,5-10H2,1H3. The summed E-state index contributed by atoms with van der Waals surface area (Å²) in [5.41, 5.74) is 1.63. The average molecular weight is 389 g/mol. The van der Waals surface area contributed by atoms with Crippen molar-refractivity contribution in [3.63, 3.8) is 0 Å². The molecule has 1 saturated heterocycles. The molecule has 6 nitrogen and oxygen atoms in total. The molecule has 2 aromatic rings. The molecular formula is C20H21ClN2O4. The molecule has 2 heterocycles. The van der Waals surface area contributed by atoms with E-state index in [4.69, 9.17) is 25.8 Å². The fourth-order valence-corrected chi connectivity index (χ4v) is 3.60. The van der Waals surface area contributed by atoms with E-state index in [0.29, 0.717) is 49.1 Å². The van der Waals surface area contributed by atoms with E-state index in [1.807, 2.05) is 29.2 Å². The Balaban J connectivity index is 1.48. The Hall–Kier alpha value is -2.60. The molecule has 2 aliphatic heterocycles. The molecule has 142 valence electrons. The molecule has 2 aliphatic rings. The van der Waals surface area contributed by atoms with Crippen molar-refractivity contribution >= 4 is 23.2 Å². The van der Waals surface area contributed by atoms with Crippen LogP contribution >= 0.6 is 11.6 Å². The van der Waals surface area contributed by atoms with E-state index < -0.39 is 0 Å². The summed E-state index contributed by atoms with van der Waals surface area (Å²) < 4.78 is 16.6. The maximum Gasteiger partial charge on any atom is 0.254 e. The highest BCUT2D eigenvalue weighted by Gasteiger charge is 2.26. The van der Waals surface area contributed by atoms with Crippen molar-refractivity contribution in [1.29, 1.82) is 0 Å². The molecule has 0 bridgehead atoms. The van der Waals surface area contributed by atoms with Crippen molar-refractivity contribution in [2.75, 3.05) is 51.4 Å². The van der Waals surface area contributed by atoms with Gasteiger partial charge in [0, 0.05) is 42.5 Å². The SMILES string of the molecule is COc1cc(C(=O)N2CCN(c3cccc(Cl)c3)CC2)cc2c1OCCO2. The highest BCUT2D eigenvalue weighted by atomic mass is 35.5. The third kappa shape index (κ3) is 3.62. The van der Waals surface area contributed by atoms with Gasteiger partial charge in [-0.15, -0.1) is 0 Å². The van der Waals surface area contributed by atoms with Gasteiger partial charge in [0.15, 0.2) is 11.5 Å². The number of methoxy groups -OCH3 is 1. The topological polar surface area (TPSA) is 51.2 Å². The number of amides is 1. The van der Waals surface area contributed by atoms with Crippen LogP contribution in [0.2, 0.25) is 5.02 Å². The van der Waals surface area contributed by atoms with E-state index in [9.17, 15) is 4.79 Å². The van der Waals surface area contributed by atoms with Crippen LogP contribution in [0.3, 0.4) is 0 Å². The molecule has 27 heavy (non-hydrogen) atoms. The maximum absolute atomic E-state index is 13.0.